The van der Waals surface area contributed by atoms with Gasteiger partial charge >= 0.3 is 5.97 Å². The summed E-state index contributed by atoms with van der Waals surface area (Å²) in [5, 5.41) is 16.0. The van der Waals surface area contributed by atoms with Gasteiger partial charge in [0.05, 0.1) is 18.8 Å². The second kappa shape index (κ2) is 7.13. The Kier molecular flexibility index (Phi) is 4.96. The highest BCUT2D eigenvalue weighted by Crippen LogP contribution is 2.45. The molecule has 4 unspecified atom stereocenters. The Morgan fingerprint density at radius 2 is 1.96 bits per heavy atom. The molecular formula is C18H23NO4. The summed E-state index contributed by atoms with van der Waals surface area (Å²) < 4.78 is 11.3. The predicted octanol–water partition coefficient (Wildman–Crippen LogP) is 2.66. The van der Waals surface area contributed by atoms with Crippen LogP contribution in [0.15, 0.2) is 24.3 Å². The molecule has 5 heteroatoms. The lowest BCUT2D eigenvalue weighted by atomic mass is 9.76. The highest BCUT2D eigenvalue weighted by atomic mass is 16.5. The van der Waals surface area contributed by atoms with Crippen LogP contribution in [0.25, 0.3) is 0 Å². The molecule has 23 heavy (non-hydrogen) atoms. The second-order valence-electron chi connectivity index (χ2n) is 6.44. The molecule has 1 aromatic carbocycles. The summed E-state index contributed by atoms with van der Waals surface area (Å²) in [4.78, 5) is 10.8. The number of aryl methyl sites for hydroxylation is 1. The van der Waals surface area contributed by atoms with Crippen molar-refractivity contribution in [3.8, 4) is 0 Å². The van der Waals surface area contributed by atoms with Gasteiger partial charge in [0.15, 0.2) is 6.40 Å². The van der Waals surface area contributed by atoms with Crippen LogP contribution >= 0.6 is 0 Å². The van der Waals surface area contributed by atoms with Crippen LogP contribution in [0.2, 0.25) is 0 Å². The van der Waals surface area contributed by atoms with E-state index in [9.17, 15) is 4.79 Å². The van der Waals surface area contributed by atoms with Crippen molar-refractivity contribution in [3.63, 3.8) is 0 Å². The molecule has 2 aliphatic heterocycles. The molecule has 0 aromatic heterocycles. The van der Waals surface area contributed by atoms with Crippen molar-refractivity contribution in [3.05, 3.63) is 35.4 Å². The first-order valence-corrected chi connectivity index (χ1v) is 8.23. The van der Waals surface area contributed by atoms with Crippen molar-refractivity contribution >= 4 is 12.4 Å². The molecule has 2 heterocycles. The van der Waals surface area contributed by atoms with Crippen molar-refractivity contribution in [2.45, 2.75) is 44.3 Å². The minimum Gasteiger partial charge on any atom is -0.483 e. The normalized spacial score (nSPS) is 28.7. The van der Waals surface area contributed by atoms with Crippen molar-refractivity contribution in [1.29, 1.82) is 5.41 Å². The summed E-state index contributed by atoms with van der Waals surface area (Å²) in [5.74, 6) is -0.0529. The third kappa shape index (κ3) is 3.55. The first-order chi connectivity index (χ1) is 11.2. The number of benzene rings is 1. The molecule has 1 aromatic rings. The second-order valence-corrected chi connectivity index (χ2v) is 6.44. The van der Waals surface area contributed by atoms with Crippen LogP contribution in [0.3, 0.4) is 0 Å². The van der Waals surface area contributed by atoms with E-state index in [1.165, 1.54) is 5.56 Å². The van der Waals surface area contributed by atoms with E-state index in [1.54, 1.807) is 0 Å². The number of fused-ring (bicyclic) bond motifs is 2. The molecule has 2 N–H and O–H groups in total. The SMILES string of the molecule is N=COCC1C2CCC(O2)C1Cc1ccccc1CCC(=O)O. The first kappa shape index (κ1) is 16.0. The maximum Gasteiger partial charge on any atom is 0.303 e. The van der Waals surface area contributed by atoms with Crippen LogP contribution in [0.4, 0.5) is 0 Å². The zero-order chi connectivity index (χ0) is 16.2. The highest BCUT2D eigenvalue weighted by molar-refractivity contribution is 5.67. The molecular weight excluding hydrogens is 294 g/mol. The van der Waals surface area contributed by atoms with Gasteiger partial charge in [0.25, 0.3) is 0 Å². The number of hydrogen-bond acceptors (Lipinski definition) is 4. The number of nitrogens with one attached hydrogen (secondary N) is 1. The summed E-state index contributed by atoms with van der Waals surface area (Å²) in [6.45, 7) is 0.534. The maximum atomic E-state index is 10.8. The summed E-state index contributed by atoms with van der Waals surface area (Å²) in [5.41, 5.74) is 2.33. The third-order valence-corrected chi connectivity index (χ3v) is 5.14. The average molecular weight is 317 g/mol. The third-order valence-electron chi connectivity index (χ3n) is 5.14. The van der Waals surface area contributed by atoms with Crippen molar-refractivity contribution in [2.75, 3.05) is 6.61 Å². The number of hydrogen-bond donors (Lipinski definition) is 2. The molecule has 0 amide bonds. The molecule has 2 saturated heterocycles. The van der Waals surface area contributed by atoms with Gasteiger partial charge < -0.3 is 14.6 Å². The lowest BCUT2D eigenvalue weighted by Gasteiger charge is -2.28. The number of rotatable bonds is 8. The fraction of sp³-hybridized carbons (Fsp3) is 0.556. The lowest BCUT2D eigenvalue weighted by Crippen LogP contribution is -2.32. The first-order valence-electron chi connectivity index (χ1n) is 8.23. The quantitative estimate of drug-likeness (QED) is 0.570. The zero-order valence-corrected chi connectivity index (χ0v) is 13.1. The van der Waals surface area contributed by atoms with Gasteiger partial charge in [-0.1, -0.05) is 24.3 Å². The Bertz CT molecular complexity index is 574. The highest BCUT2D eigenvalue weighted by Gasteiger charge is 2.48. The molecule has 2 fully saturated rings. The topological polar surface area (TPSA) is 79.6 Å². The molecule has 2 aliphatic rings. The van der Waals surface area contributed by atoms with E-state index < -0.39 is 5.97 Å². The van der Waals surface area contributed by atoms with E-state index in [4.69, 9.17) is 20.0 Å². The van der Waals surface area contributed by atoms with Crippen molar-refractivity contribution in [2.24, 2.45) is 11.8 Å². The molecule has 0 aliphatic carbocycles. The minimum absolute atomic E-state index is 0.157. The number of carboxylic acids is 1. The summed E-state index contributed by atoms with van der Waals surface area (Å²) in [6, 6.07) is 8.09. The van der Waals surface area contributed by atoms with Crippen LogP contribution in [-0.2, 0) is 27.1 Å². The number of carboxylic acid groups (broad SMARTS) is 1. The summed E-state index contributed by atoms with van der Waals surface area (Å²) in [6.07, 6.45) is 5.30. The molecule has 0 radical (unpaired) electrons. The molecule has 5 nitrogen and oxygen atoms in total. The van der Waals surface area contributed by atoms with Gasteiger partial charge in [0.1, 0.15) is 0 Å². The van der Waals surface area contributed by atoms with Crippen LogP contribution < -0.4 is 0 Å². The van der Waals surface area contributed by atoms with E-state index in [-0.39, 0.29) is 18.6 Å². The summed E-state index contributed by atoms with van der Waals surface area (Å²) >= 11 is 0. The molecule has 124 valence electrons. The van der Waals surface area contributed by atoms with Crippen LogP contribution in [0.5, 0.6) is 0 Å². The molecule has 3 rings (SSSR count). The molecule has 4 atom stereocenters. The summed E-state index contributed by atoms with van der Waals surface area (Å²) in [7, 11) is 0. The number of carbonyl (C=O) groups is 1. The molecule has 0 saturated carbocycles. The monoisotopic (exact) mass is 317 g/mol. The van der Waals surface area contributed by atoms with Gasteiger partial charge in [-0.25, -0.2) is 0 Å². The van der Waals surface area contributed by atoms with Crippen LogP contribution in [-0.4, -0.2) is 36.3 Å². The van der Waals surface area contributed by atoms with Gasteiger partial charge in [-0.05, 0) is 42.7 Å². The Balaban J connectivity index is 1.72. The van der Waals surface area contributed by atoms with E-state index >= 15 is 0 Å². The molecule has 2 bridgehead atoms. The Hall–Kier alpha value is -1.88. The zero-order valence-electron chi connectivity index (χ0n) is 13.1. The van der Waals surface area contributed by atoms with Crippen molar-refractivity contribution in [1.82, 2.24) is 0 Å². The van der Waals surface area contributed by atoms with Gasteiger partial charge in [-0.15, -0.1) is 0 Å². The van der Waals surface area contributed by atoms with Gasteiger partial charge in [-0.3, -0.25) is 10.2 Å². The standard InChI is InChI=1S/C18H23NO4/c19-11-22-10-15-14(16-6-7-17(15)23-16)9-13-4-2-1-3-12(13)5-8-18(20)21/h1-4,11,14-17,19H,5-10H2,(H,20,21). The Morgan fingerprint density at radius 1 is 1.26 bits per heavy atom. The van der Waals surface area contributed by atoms with Gasteiger partial charge in [0, 0.05) is 12.3 Å². The maximum absolute atomic E-state index is 10.8. The van der Waals surface area contributed by atoms with Crippen LogP contribution in [0, 0.1) is 17.2 Å². The Morgan fingerprint density at radius 3 is 2.65 bits per heavy atom. The van der Waals surface area contributed by atoms with Crippen LogP contribution in [0.1, 0.15) is 30.4 Å². The largest absolute Gasteiger partial charge is 0.483 e. The fourth-order valence-corrected chi connectivity index (χ4v) is 4.04. The van der Waals surface area contributed by atoms with Gasteiger partial charge in [-0.2, -0.15) is 0 Å². The van der Waals surface area contributed by atoms with E-state index in [1.807, 2.05) is 18.2 Å². The lowest BCUT2D eigenvalue weighted by molar-refractivity contribution is -0.136. The number of aliphatic carboxylic acids is 1. The van der Waals surface area contributed by atoms with Crippen molar-refractivity contribution < 1.29 is 19.4 Å². The molecule has 0 spiro atoms. The number of ether oxygens (including phenoxy) is 2. The van der Waals surface area contributed by atoms with E-state index in [0.29, 0.717) is 24.9 Å². The average Bonchev–Trinajstić information content (AvgIpc) is 3.14. The van der Waals surface area contributed by atoms with E-state index in [0.717, 1.165) is 31.2 Å². The minimum atomic E-state index is -0.764. The fourth-order valence-electron chi connectivity index (χ4n) is 4.04. The predicted molar refractivity (Wildman–Crippen MR) is 85.7 cm³/mol. The Labute approximate surface area is 136 Å². The van der Waals surface area contributed by atoms with Gasteiger partial charge in [0.2, 0.25) is 0 Å². The van der Waals surface area contributed by atoms with E-state index in [2.05, 4.69) is 6.07 Å². The smallest absolute Gasteiger partial charge is 0.303 e.